The molecule has 0 unspecified atom stereocenters. The number of halogens is 3. The minimum absolute atomic E-state index is 0.0641. The number of imidazole rings is 1. The van der Waals surface area contributed by atoms with Gasteiger partial charge in [0.25, 0.3) is 0 Å². The molecule has 0 aliphatic heterocycles. The molecule has 0 N–H and O–H groups in total. The van der Waals surface area contributed by atoms with Crippen molar-refractivity contribution in [1.29, 1.82) is 0 Å². The van der Waals surface area contributed by atoms with Gasteiger partial charge in [-0.15, -0.1) is 11.6 Å². The third-order valence-electron chi connectivity index (χ3n) is 2.88. The smallest absolute Gasteiger partial charge is 0.144 e. The van der Waals surface area contributed by atoms with Gasteiger partial charge in [0.1, 0.15) is 17.4 Å². The standard InChI is InChI=1S/C13H9Cl2FN2O/c14-6-13-17-11-5-10(16)9(15)4-12(11)18(13)7-8-2-1-3-19-8/h1-5H,6-7H2. The molecule has 6 heteroatoms. The summed E-state index contributed by atoms with van der Waals surface area (Å²) in [4.78, 5) is 4.30. The Morgan fingerprint density at radius 1 is 1.37 bits per heavy atom. The lowest BCUT2D eigenvalue weighted by molar-refractivity contribution is 0.493. The Kier molecular flexibility index (Phi) is 3.21. The molecule has 0 bridgehead atoms. The molecule has 3 aromatic rings. The Labute approximate surface area is 118 Å². The molecular formula is C13H9Cl2FN2O. The van der Waals surface area contributed by atoms with Gasteiger partial charge in [-0.05, 0) is 18.2 Å². The highest BCUT2D eigenvalue weighted by molar-refractivity contribution is 6.31. The van der Waals surface area contributed by atoms with E-state index < -0.39 is 5.82 Å². The number of benzene rings is 1. The lowest BCUT2D eigenvalue weighted by atomic mass is 10.3. The van der Waals surface area contributed by atoms with E-state index in [1.807, 2.05) is 16.7 Å². The first kappa shape index (κ1) is 12.5. The SMILES string of the molecule is Fc1cc2nc(CCl)n(Cc3ccco3)c2cc1Cl. The zero-order valence-electron chi connectivity index (χ0n) is 9.74. The van der Waals surface area contributed by atoms with E-state index >= 15 is 0 Å². The molecule has 0 aliphatic rings. The first-order valence-corrected chi connectivity index (χ1v) is 6.53. The fourth-order valence-electron chi connectivity index (χ4n) is 2.01. The Hall–Kier alpha value is -1.52. The van der Waals surface area contributed by atoms with Crippen molar-refractivity contribution >= 4 is 34.2 Å². The molecule has 3 nitrogen and oxygen atoms in total. The number of hydrogen-bond donors (Lipinski definition) is 0. The molecule has 19 heavy (non-hydrogen) atoms. The molecule has 0 radical (unpaired) electrons. The number of alkyl halides is 1. The topological polar surface area (TPSA) is 31.0 Å². The second kappa shape index (κ2) is 4.87. The molecule has 3 rings (SSSR count). The zero-order chi connectivity index (χ0) is 13.4. The van der Waals surface area contributed by atoms with Crippen molar-refractivity contribution in [1.82, 2.24) is 9.55 Å². The molecule has 0 fully saturated rings. The molecule has 0 amide bonds. The van der Waals surface area contributed by atoms with Gasteiger partial charge in [0.15, 0.2) is 0 Å². The first-order chi connectivity index (χ1) is 9.19. The van der Waals surface area contributed by atoms with Gasteiger partial charge in [0.2, 0.25) is 0 Å². The third-order valence-corrected chi connectivity index (χ3v) is 3.41. The summed E-state index contributed by atoms with van der Waals surface area (Å²) < 4.78 is 20.6. The van der Waals surface area contributed by atoms with Crippen LogP contribution in [0.1, 0.15) is 11.6 Å². The Morgan fingerprint density at radius 3 is 2.89 bits per heavy atom. The monoisotopic (exact) mass is 298 g/mol. The van der Waals surface area contributed by atoms with Crippen LogP contribution in [0.2, 0.25) is 5.02 Å². The molecule has 0 saturated carbocycles. The summed E-state index contributed by atoms with van der Waals surface area (Å²) in [5.74, 6) is 1.16. The predicted molar refractivity (Wildman–Crippen MR) is 72.1 cm³/mol. The lowest BCUT2D eigenvalue weighted by Gasteiger charge is -2.05. The van der Waals surface area contributed by atoms with Gasteiger partial charge in [-0.1, -0.05) is 11.6 Å². The fraction of sp³-hybridized carbons (Fsp3) is 0.154. The largest absolute Gasteiger partial charge is 0.467 e. The lowest BCUT2D eigenvalue weighted by Crippen LogP contribution is -2.03. The van der Waals surface area contributed by atoms with Gasteiger partial charge >= 0.3 is 0 Å². The normalized spacial score (nSPS) is 11.3. The molecule has 0 saturated heterocycles. The number of furan rings is 1. The number of nitrogens with zero attached hydrogens (tertiary/aromatic N) is 2. The second-order valence-electron chi connectivity index (χ2n) is 4.08. The second-order valence-corrected chi connectivity index (χ2v) is 4.76. The van der Waals surface area contributed by atoms with Crippen molar-refractivity contribution < 1.29 is 8.81 Å². The van der Waals surface area contributed by atoms with Gasteiger partial charge in [-0.3, -0.25) is 0 Å². The van der Waals surface area contributed by atoms with Gasteiger partial charge < -0.3 is 8.98 Å². The van der Waals surface area contributed by atoms with Gasteiger partial charge in [0, 0.05) is 6.07 Å². The summed E-state index contributed by atoms with van der Waals surface area (Å²) in [6.07, 6.45) is 1.60. The van der Waals surface area contributed by atoms with Crippen LogP contribution in [0, 0.1) is 5.82 Å². The van der Waals surface area contributed by atoms with Crippen molar-refractivity contribution in [2.24, 2.45) is 0 Å². The van der Waals surface area contributed by atoms with Gasteiger partial charge in [-0.2, -0.15) is 0 Å². The van der Waals surface area contributed by atoms with Crippen molar-refractivity contribution in [3.8, 4) is 0 Å². The highest BCUT2D eigenvalue weighted by atomic mass is 35.5. The van der Waals surface area contributed by atoms with Crippen LogP contribution in [0.3, 0.4) is 0 Å². The van der Waals surface area contributed by atoms with E-state index in [4.69, 9.17) is 27.6 Å². The average Bonchev–Trinajstić information content (AvgIpc) is 3.00. The molecular weight excluding hydrogens is 290 g/mol. The van der Waals surface area contributed by atoms with E-state index in [9.17, 15) is 4.39 Å². The zero-order valence-corrected chi connectivity index (χ0v) is 11.2. The molecule has 98 valence electrons. The molecule has 0 spiro atoms. The molecule has 1 aromatic carbocycles. The molecule has 2 heterocycles. The summed E-state index contributed by atoms with van der Waals surface area (Å²) in [5, 5.41) is 0.0641. The number of rotatable bonds is 3. The number of fused-ring (bicyclic) bond motifs is 1. The van der Waals surface area contributed by atoms with E-state index in [0.717, 1.165) is 11.3 Å². The van der Waals surface area contributed by atoms with Crippen LogP contribution in [0.4, 0.5) is 4.39 Å². The summed E-state index contributed by atoms with van der Waals surface area (Å²) in [7, 11) is 0. The number of aromatic nitrogens is 2. The Balaban J connectivity index is 2.17. The number of hydrogen-bond acceptors (Lipinski definition) is 2. The highest BCUT2D eigenvalue weighted by Crippen LogP contribution is 2.25. The van der Waals surface area contributed by atoms with E-state index in [0.29, 0.717) is 17.9 Å². The Bertz CT molecular complexity index is 722. The minimum Gasteiger partial charge on any atom is -0.467 e. The van der Waals surface area contributed by atoms with Crippen molar-refractivity contribution in [3.05, 3.63) is 53.0 Å². The fourth-order valence-corrected chi connectivity index (χ4v) is 2.37. The van der Waals surface area contributed by atoms with Gasteiger partial charge in [0.05, 0.1) is 34.7 Å². The van der Waals surface area contributed by atoms with E-state index in [2.05, 4.69) is 4.98 Å². The predicted octanol–water partition coefficient (Wildman–Crippen LogP) is 4.21. The van der Waals surface area contributed by atoms with Crippen molar-refractivity contribution in [2.75, 3.05) is 0 Å². The van der Waals surface area contributed by atoms with Gasteiger partial charge in [-0.25, -0.2) is 9.37 Å². The Morgan fingerprint density at radius 2 is 2.21 bits per heavy atom. The third kappa shape index (κ3) is 2.22. The summed E-state index contributed by atoms with van der Waals surface area (Å²) in [6.45, 7) is 0.480. The summed E-state index contributed by atoms with van der Waals surface area (Å²) >= 11 is 11.7. The summed E-state index contributed by atoms with van der Waals surface area (Å²) in [6, 6.07) is 6.53. The van der Waals surface area contributed by atoms with E-state index in [1.54, 1.807) is 12.3 Å². The van der Waals surface area contributed by atoms with Crippen LogP contribution in [0.5, 0.6) is 0 Å². The molecule has 2 aromatic heterocycles. The van der Waals surface area contributed by atoms with Crippen LogP contribution in [-0.4, -0.2) is 9.55 Å². The molecule has 0 atom stereocenters. The van der Waals surface area contributed by atoms with Crippen LogP contribution in [0.15, 0.2) is 34.9 Å². The van der Waals surface area contributed by atoms with Crippen molar-refractivity contribution in [3.63, 3.8) is 0 Å². The van der Waals surface area contributed by atoms with Crippen molar-refractivity contribution in [2.45, 2.75) is 12.4 Å². The maximum atomic E-state index is 13.4. The molecule has 0 aliphatic carbocycles. The van der Waals surface area contributed by atoms with Crippen LogP contribution < -0.4 is 0 Å². The van der Waals surface area contributed by atoms with E-state index in [-0.39, 0.29) is 10.9 Å². The van der Waals surface area contributed by atoms with Crippen LogP contribution in [0.25, 0.3) is 11.0 Å². The van der Waals surface area contributed by atoms with Crippen LogP contribution >= 0.6 is 23.2 Å². The maximum Gasteiger partial charge on any atom is 0.144 e. The summed E-state index contributed by atoms with van der Waals surface area (Å²) in [5.41, 5.74) is 1.27. The quantitative estimate of drug-likeness (QED) is 0.678. The maximum absolute atomic E-state index is 13.4. The first-order valence-electron chi connectivity index (χ1n) is 5.61. The van der Waals surface area contributed by atoms with E-state index in [1.165, 1.54) is 6.07 Å². The minimum atomic E-state index is -0.488. The highest BCUT2D eigenvalue weighted by Gasteiger charge is 2.14. The van der Waals surface area contributed by atoms with Crippen LogP contribution in [-0.2, 0) is 12.4 Å². The average molecular weight is 299 g/mol.